The number of hydrogen-bond donors (Lipinski definition) is 2. The predicted octanol–water partition coefficient (Wildman–Crippen LogP) is 5.93. The molecule has 0 spiro atoms. The third-order valence-corrected chi connectivity index (χ3v) is 4.41. The van der Waals surface area contributed by atoms with Crippen LogP contribution < -0.4 is 4.74 Å². The highest BCUT2D eigenvalue weighted by atomic mass is 16.7. The van der Waals surface area contributed by atoms with E-state index in [0.717, 1.165) is 32.5 Å². The van der Waals surface area contributed by atoms with Crippen molar-refractivity contribution in [3.63, 3.8) is 0 Å². The molecule has 0 heterocycles. The van der Waals surface area contributed by atoms with Gasteiger partial charge in [0.25, 0.3) is 0 Å². The lowest BCUT2D eigenvalue weighted by Gasteiger charge is -2.09. The molecule has 0 bridgehead atoms. The monoisotopic (exact) mass is 366 g/mol. The predicted molar refractivity (Wildman–Crippen MR) is 103 cm³/mol. The highest BCUT2D eigenvalue weighted by molar-refractivity contribution is 5.63. The number of ether oxygens (including phenoxy) is 2. The van der Waals surface area contributed by atoms with Crippen LogP contribution in [0, 0.1) is 0 Å². The zero-order chi connectivity index (χ0) is 19.0. The first-order valence-electron chi connectivity index (χ1n) is 9.94. The maximum Gasteiger partial charge on any atom is 0.511 e. The molecule has 2 N–H and O–H groups in total. The minimum atomic E-state index is -1.42. The maximum atomic E-state index is 10.6. The smallest absolute Gasteiger partial charge is 0.504 e. The van der Waals surface area contributed by atoms with Gasteiger partial charge in [0.15, 0.2) is 11.5 Å². The van der Waals surface area contributed by atoms with Gasteiger partial charge in [-0.05, 0) is 37.3 Å². The number of phenolic OH excluding ortho intramolecular Hbond substituents is 1. The third kappa shape index (κ3) is 10.3. The number of phenols is 1. The standard InChI is InChI=1S/C21H34O5/c1-2-3-4-5-6-7-8-10-16-25-17-11-9-13-18-14-12-15-19(20(18)22)26-21(23)24/h12,14-15,22H,2-11,13,16-17H2,1H3,(H,23,24). The Balaban J connectivity index is 2.02. The number of benzene rings is 1. The summed E-state index contributed by atoms with van der Waals surface area (Å²) in [4.78, 5) is 10.6. The number of hydrogen-bond acceptors (Lipinski definition) is 4. The van der Waals surface area contributed by atoms with Gasteiger partial charge in [0, 0.05) is 13.2 Å². The Labute approximate surface area is 157 Å². The molecule has 1 aromatic rings. The number of para-hydroxylation sites is 1. The molecule has 0 atom stereocenters. The van der Waals surface area contributed by atoms with Crippen molar-refractivity contribution in [1.29, 1.82) is 0 Å². The minimum absolute atomic E-state index is 0.0130. The first-order chi connectivity index (χ1) is 12.6. The summed E-state index contributed by atoms with van der Waals surface area (Å²) < 4.78 is 10.2. The third-order valence-electron chi connectivity index (χ3n) is 4.41. The van der Waals surface area contributed by atoms with Crippen LogP contribution in [0.2, 0.25) is 0 Å². The summed E-state index contributed by atoms with van der Waals surface area (Å²) in [5.74, 6) is -0.101. The van der Waals surface area contributed by atoms with E-state index in [1.54, 1.807) is 12.1 Å². The number of carboxylic acid groups (broad SMARTS) is 1. The van der Waals surface area contributed by atoms with E-state index in [1.165, 1.54) is 51.0 Å². The number of aromatic hydroxyl groups is 1. The molecule has 0 radical (unpaired) electrons. The summed E-state index contributed by atoms with van der Waals surface area (Å²) in [6, 6.07) is 4.91. The van der Waals surface area contributed by atoms with Crippen LogP contribution in [-0.2, 0) is 11.2 Å². The van der Waals surface area contributed by atoms with Crippen molar-refractivity contribution < 1.29 is 24.5 Å². The number of carbonyl (C=O) groups is 1. The van der Waals surface area contributed by atoms with Crippen LogP contribution in [0.25, 0.3) is 0 Å². The number of rotatable bonds is 15. The fourth-order valence-corrected chi connectivity index (χ4v) is 2.91. The molecule has 1 aromatic carbocycles. The lowest BCUT2D eigenvalue weighted by atomic mass is 10.1. The Morgan fingerprint density at radius 1 is 0.923 bits per heavy atom. The second kappa shape index (κ2) is 14.4. The summed E-state index contributed by atoms with van der Waals surface area (Å²) in [5.41, 5.74) is 0.701. The summed E-state index contributed by atoms with van der Waals surface area (Å²) in [6.07, 6.45) is 11.5. The SMILES string of the molecule is CCCCCCCCCCOCCCCc1cccc(OC(=O)O)c1O. The first kappa shape index (κ1) is 22.3. The molecule has 1 rings (SSSR count). The molecule has 0 amide bonds. The van der Waals surface area contributed by atoms with Gasteiger partial charge in [-0.25, -0.2) is 4.79 Å². The van der Waals surface area contributed by atoms with E-state index in [9.17, 15) is 9.90 Å². The average molecular weight is 366 g/mol. The average Bonchev–Trinajstić information content (AvgIpc) is 2.61. The summed E-state index contributed by atoms with van der Waals surface area (Å²) in [6.45, 7) is 3.79. The van der Waals surface area contributed by atoms with Gasteiger partial charge >= 0.3 is 6.16 Å². The van der Waals surface area contributed by atoms with E-state index < -0.39 is 6.16 Å². The van der Waals surface area contributed by atoms with Crippen molar-refractivity contribution in [2.75, 3.05) is 13.2 Å². The number of aryl methyl sites for hydroxylation is 1. The second-order valence-electron chi connectivity index (χ2n) is 6.68. The van der Waals surface area contributed by atoms with Crippen LogP contribution in [0.1, 0.15) is 76.7 Å². The van der Waals surface area contributed by atoms with Crippen molar-refractivity contribution in [2.24, 2.45) is 0 Å². The van der Waals surface area contributed by atoms with Crippen molar-refractivity contribution in [2.45, 2.75) is 77.6 Å². The van der Waals surface area contributed by atoms with E-state index in [0.29, 0.717) is 12.0 Å². The molecule has 0 fully saturated rings. The molecule has 5 nitrogen and oxygen atoms in total. The molecular formula is C21H34O5. The van der Waals surface area contributed by atoms with Gasteiger partial charge in [0.05, 0.1) is 0 Å². The molecule has 0 aliphatic rings. The van der Waals surface area contributed by atoms with Crippen LogP contribution in [0.15, 0.2) is 18.2 Å². The fourth-order valence-electron chi connectivity index (χ4n) is 2.91. The molecule has 0 aromatic heterocycles. The van der Waals surface area contributed by atoms with Gasteiger partial charge in [0.1, 0.15) is 0 Å². The van der Waals surface area contributed by atoms with Crippen LogP contribution in [0.5, 0.6) is 11.5 Å². The van der Waals surface area contributed by atoms with Crippen LogP contribution in [0.3, 0.4) is 0 Å². The number of unbranched alkanes of at least 4 members (excludes halogenated alkanes) is 8. The van der Waals surface area contributed by atoms with Gasteiger partial charge in [-0.1, -0.05) is 64.0 Å². The molecule has 0 aliphatic heterocycles. The minimum Gasteiger partial charge on any atom is -0.504 e. The van der Waals surface area contributed by atoms with Crippen molar-refractivity contribution in [1.82, 2.24) is 0 Å². The molecule has 5 heteroatoms. The van der Waals surface area contributed by atoms with Gasteiger partial charge in [-0.15, -0.1) is 0 Å². The maximum absolute atomic E-state index is 10.6. The zero-order valence-corrected chi connectivity index (χ0v) is 16.0. The Hall–Kier alpha value is -1.75. The topological polar surface area (TPSA) is 76.0 Å². The summed E-state index contributed by atoms with van der Waals surface area (Å²) >= 11 is 0. The van der Waals surface area contributed by atoms with Gasteiger partial charge < -0.3 is 19.7 Å². The van der Waals surface area contributed by atoms with E-state index in [2.05, 4.69) is 11.7 Å². The van der Waals surface area contributed by atoms with Crippen molar-refractivity contribution in [3.8, 4) is 11.5 Å². The van der Waals surface area contributed by atoms with E-state index in [4.69, 9.17) is 9.84 Å². The highest BCUT2D eigenvalue weighted by Gasteiger charge is 2.10. The van der Waals surface area contributed by atoms with Gasteiger partial charge in [-0.2, -0.15) is 0 Å². The molecule has 26 heavy (non-hydrogen) atoms. The fraction of sp³-hybridized carbons (Fsp3) is 0.667. The van der Waals surface area contributed by atoms with Crippen molar-refractivity contribution >= 4 is 6.16 Å². The molecule has 0 aliphatic carbocycles. The van der Waals surface area contributed by atoms with E-state index in [1.807, 2.05) is 0 Å². The van der Waals surface area contributed by atoms with Gasteiger partial charge in [0.2, 0.25) is 0 Å². The van der Waals surface area contributed by atoms with Crippen LogP contribution in [0.4, 0.5) is 4.79 Å². The lowest BCUT2D eigenvalue weighted by molar-refractivity contribution is 0.126. The van der Waals surface area contributed by atoms with E-state index >= 15 is 0 Å². The zero-order valence-electron chi connectivity index (χ0n) is 16.0. The Morgan fingerprint density at radius 3 is 2.19 bits per heavy atom. The van der Waals surface area contributed by atoms with Gasteiger partial charge in [-0.3, -0.25) is 0 Å². The quantitative estimate of drug-likeness (QED) is 0.229. The molecule has 0 unspecified atom stereocenters. The van der Waals surface area contributed by atoms with Crippen molar-refractivity contribution in [3.05, 3.63) is 23.8 Å². The summed E-state index contributed by atoms with van der Waals surface area (Å²) in [7, 11) is 0. The Bertz CT molecular complexity index is 501. The lowest BCUT2D eigenvalue weighted by Crippen LogP contribution is -2.04. The molecule has 0 saturated heterocycles. The second-order valence-corrected chi connectivity index (χ2v) is 6.68. The normalized spacial score (nSPS) is 10.8. The van der Waals surface area contributed by atoms with Crippen LogP contribution in [-0.4, -0.2) is 29.6 Å². The molecular weight excluding hydrogens is 332 g/mol. The largest absolute Gasteiger partial charge is 0.511 e. The van der Waals surface area contributed by atoms with E-state index in [-0.39, 0.29) is 11.5 Å². The Morgan fingerprint density at radius 2 is 1.54 bits per heavy atom. The Kier molecular flexibility index (Phi) is 12.4. The first-order valence-corrected chi connectivity index (χ1v) is 9.94. The summed E-state index contributed by atoms with van der Waals surface area (Å²) in [5, 5.41) is 18.6. The van der Waals surface area contributed by atoms with Crippen LogP contribution >= 0.6 is 0 Å². The highest BCUT2D eigenvalue weighted by Crippen LogP contribution is 2.30. The molecule has 148 valence electrons. The molecule has 0 saturated carbocycles.